The number of aromatic nitrogens is 1. The SMILES string of the molecule is c1ccc(-c2ccc3c(c2)c2ccccc2n3-c2ccccc2-c2ccccc2N(c2ccccc2-c2ccccc2)c2cccc3ccccc23)cc1. The second-order valence-corrected chi connectivity index (χ2v) is 13.7. The third-order valence-electron chi connectivity index (χ3n) is 10.6. The fourth-order valence-electron chi connectivity index (χ4n) is 8.16. The van der Waals surface area contributed by atoms with Crippen LogP contribution in [0.3, 0.4) is 0 Å². The molecule has 1 aromatic heterocycles. The Bertz CT molecular complexity index is 2930. The average Bonchev–Trinajstić information content (AvgIpc) is 3.58. The lowest BCUT2D eigenvalue weighted by Gasteiger charge is -2.31. The Kier molecular flexibility index (Phi) is 7.85. The van der Waals surface area contributed by atoms with Crippen molar-refractivity contribution < 1.29 is 0 Å². The molecule has 2 heteroatoms. The van der Waals surface area contributed by atoms with Crippen LogP contribution in [-0.2, 0) is 0 Å². The molecule has 0 aliphatic carbocycles. The molecule has 0 N–H and O–H groups in total. The standard InChI is InChI=1S/C52H36N2/c1-3-18-37(19-4-1)40-34-35-52-46(36-40)45-28-12-16-32-51(45)54(52)50-31-15-11-27-44(50)43-26-10-14-30-49(43)53(48-33-17-23-39-22-7-8-24-42(39)48)47-29-13-9-25-41(47)38-20-5-2-6-21-38/h1-36H. The van der Waals surface area contributed by atoms with Crippen LogP contribution in [0.1, 0.15) is 0 Å². The first kappa shape index (κ1) is 31.6. The molecule has 0 unspecified atom stereocenters. The first-order valence-corrected chi connectivity index (χ1v) is 18.5. The van der Waals surface area contributed by atoms with Gasteiger partial charge in [-0.15, -0.1) is 0 Å². The highest BCUT2D eigenvalue weighted by Gasteiger charge is 2.24. The van der Waals surface area contributed by atoms with Gasteiger partial charge in [-0.25, -0.2) is 0 Å². The number of hydrogen-bond donors (Lipinski definition) is 0. The molecule has 10 rings (SSSR count). The van der Waals surface area contributed by atoms with Gasteiger partial charge in [0.05, 0.1) is 33.8 Å². The zero-order valence-electron chi connectivity index (χ0n) is 29.7. The highest BCUT2D eigenvalue weighted by Crippen LogP contribution is 2.48. The summed E-state index contributed by atoms with van der Waals surface area (Å²) >= 11 is 0. The molecule has 0 saturated heterocycles. The molecule has 0 aliphatic rings. The number of nitrogens with zero attached hydrogens (tertiary/aromatic N) is 2. The zero-order valence-corrected chi connectivity index (χ0v) is 29.7. The third-order valence-corrected chi connectivity index (χ3v) is 10.6. The summed E-state index contributed by atoms with van der Waals surface area (Å²) in [7, 11) is 0. The van der Waals surface area contributed by atoms with Gasteiger partial charge in [-0.2, -0.15) is 0 Å². The number of fused-ring (bicyclic) bond motifs is 4. The molecule has 0 atom stereocenters. The molecule has 0 radical (unpaired) electrons. The van der Waals surface area contributed by atoms with E-state index in [0.717, 1.165) is 33.9 Å². The number of para-hydroxylation sites is 4. The van der Waals surface area contributed by atoms with Crippen molar-refractivity contribution in [2.75, 3.05) is 4.90 Å². The van der Waals surface area contributed by atoms with Crippen molar-refractivity contribution in [1.82, 2.24) is 4.57 Å². The van der Waals surface area contributed by atoms with Gasteiger partial charge in [-0.1, -0.05) is 176 Å². The number of hydrogen-bond acceptors (Lipinski definition) is 1. The van der Waals surface area contributed by atoms with Crippen LogP contribution in [0.4, 0.5) is 17.1 Å². The van der Waals surface area contributed by atoms with E-state index < -0.39 is 0 Å². The average molecular weight is 689 g/mol. The largest absolute Gasteiger partial charge is 0.309 e. The highest BCUT2D eigenvalue weighted by atomic mass is 15.1. The van der Waals surface area contributed by atoms with E-state index in [1.807, 2.05) is 0 Å². The van der Waals surface area contributed by atoms with Crippen molar-refractivity contribution in [3.63, 3.8) is 0 Å². The normalized spacial score (nSPS) is 11.3. The van der Waals surface area contributed by atoms with Gasteiger partial charge in [0.25, 0.3) is 0 Å². The van der Waals surface area contributed by atoms with Crippen molar-refractivity contribution in [3.8, 4) is 39.1 Å². The molecular formula is C52H36N2. The summed E-state index contributed by atoms with van der Waals surface area (Å²) in [5, 5.41) is 4.88. The predicted octanol–water partition coefficient (Wildman–Crippen LogP) is 14.4. The molecule has 1 heterocycles. The number of anilines is 3. The fourth-order valence-corrected chi connectivity index (χ4v) is 8.16. The predicted molar refractivity (Wildman–Crippen MR) is 229 cm³/mol. The Hall–Kier alpha value is -7.16. The van der Waals surface area contributed by atoms with Gasteiger partial charge in [-0.05, 0) is 64.5 Å². The lowest BCUT2D eigenvalue weighted by Crippen LogP contribution is -2.13. The van der Waals surface area contributed by atoms with Crippen LogP contribution >= 0.6 is 0 Å². The summed E-state index contributed by atoms with van der Waals surface area (Å²) in [6.45, 7) is 0. The number of rotatable bonds is 7. The Labute approximate surface area is 315 Å². The van der Waals surface area contributed by atoms with Gasteiger partial charge in [0, 0.05) is 32.8 Å². The number of benzene rings is 9. The molecule has 54 heavy (non-hydrogen) atoms. The molecule has 254 valence electrons. The van der Waals surface area contributed by atoms with Crippen molar-refractivity contribution in [3.05, 3.63) is 218 Å². The van der Waals surface area contributed by atoms with Gasteiger partial charge in [0.1, 0.15) is 0 Å². The van der Waals surface area contributed by atoms with Gasteiger partial charge >= 0.3 is 0 Å². The molecular weight excluding hydrogens is 653 g/mol. The van der Waals surface area contributed by atoms with Crippen LogP contribution in [0.15, 0.2) is 218 Å². The summed E-state index contributed by atoms with van der Waals surface area (Å²) in [6.07, 6.45) is 0. The summed E-state index contributed by atoms with van der Waals surface area (Å²) in [5.74, 6) is 0. The quantitative estimate of drug-likeness (QED) is 0.162. The first-order valence-electron chi connectivity index (χ1n) is 18.5. The molecule has 0 amide bonds. The minimum absolute atomic E-state index is 1.11. The van der Waals surface area contributed by atoms with E-state index in [0.29, 0.717) is 0 Å². The maximum atomic E-state index is 2.47. The van der Waals surface area contributed by atoms with E-state index in [1.165, 1.54) is 54.8 Å². The maximum absolute atomic E-state index is 2.47. The Balaban J connectivity index is 1.24. The topological polar surface area (TPSA) is 8.17 Å². The molecule has 0 bridgehead atoms. The summed E-state index contributed by atoms with van der Waals surface area (Å²) < 4.78 is 2.45. The van der Waals surface area contributed by atoms with Crippen LogP contribution in [-0.4, -0.2) is 4.57 Å². The van der Waals surface area contributed by atoms with E-state index in [1.54, 1.807) is 0 Å². The van der Waals surface area contributed by atoms with E-state index in [-0.39, 0.29) is 0 Å². The van der Waals surface area contributed by atoms with E-state index in [2.05, 4.69) is 228 Å². The van der Waals surface area contributed by atoms with Gasteiger partial charge in [-0.3, -0.25) is 0 Å². The fraction of sp³-hybridized carbons (Fsp3) is 0. The third kappa shape index (κ3) is 5.36. The van der Waals surface area contributed by atoms with Crippen molar-refractivity contribution in [1.29, 1.82) is 0 Å². The zero-order chi connectivity index (χ0) is 35.8. The van der Waals surface area contributed by atoms with E-state index in [4.69, 9.17) is 0 Å². The Morgan fingerprint density at radius 1 is 0.296 bits per heavy atom. The van der Waals surface area contributed by atoms with Crippen molar-refractivity contribution >= 4 is 49.6 Å². The summed E-state index contributed by atoms with van der Waals surface area (Å²) in [6, 6.07) is 78.9. The van der Waals surface area contributed by atoms with Gasteiger partial charge in [0.15, 0.2) is 0 Å². The Morgan fingerprint density at radius 2 is 0.833 bits per heavy atom. The Morgan fingerprint density at radius 3 is 1.63 bits per heavy atom. The monoisotopic (exact) mass is 688 g/mol. The molecule has 9 aromatic carbocycles. The van der Waals surface area contributed by atoms with Gasteiger partial charge < -0.3 is 9.47 Å². The molecule has 0 fully saturated rings. The van der Waals surface area contributed by atoms with Crippen LogP contribution in [0.25, 0.3) is 71.6 Å². The van der Waals surface area contributed by atoms with E-state index >= 15 is 0 Å². The van der Waals surface area contributed by atoms with Gasteiger partial charge in [0.2, 0.25) is 0 Å². The minimum Gasteiger partial charge on any atom is -0.309 e. The molecule has 0 spiro atoms. The lowest BCUT2D eigenvalue weighted by molar-refractivity contribution is 1.18. The summed E-state index contributed by atoms with van der Waals surface area (Å²) in [4.78, 5) is 2.47. The van der Waals surface area contributed by atoms with Crippen LogP contribution in [0.2, 0.25) is 0 Å². The van der Waals surface area contributed by atoms with Crippen molar-refractivity contribution in [2.45, 2.75) is 0 Å². The van der Waals surface area contributed by atoms with Crippen LogP contribution < -0.4 is 4.90 Å². The van der Waals surface area contributed by atoms with E-state index in [9.17, 15) is 0 Å². The smallest absolute Gasteiger partial charge is 0.0541 e. The minimum atomic E-state index is 1.11. The molecule has 10 aromatic rings. The molecule has 0 aliphatic heterocycles. The molecule has 0 saturated carbocycles. The van der Waals surface area contributed by atoms with Crippen molar-refractivity contribution in [2.24, 2.45) is 0 Å². The second kappa shape index (κ2) is 13.4. The second-order valence-electron chi connectivity index (χ2n) is 13.7. The maximum Gasteiger partial charge on any atom is 0.0541 e. The molecule has 2 nitrogen and oxygen atoms in total. The lowest BCUT2D eigenvalue weighted by atomic mass is 9.97. The van der Waals surface area contributed by atoms with Crippen LogP contribution in [0.5, 0.6) is 0 Å². The van der Waals surface area contributed by atoms with Crippen LogP contribution in [0, 0.1) is 0 Å². The summed E-state index contributed by atoms with van der Waals surface area (Å²) in [5.41, 5.74) is 14.0. The highest BCUT2D eigenvalue weighted by molar-refractivity contribution is 6.11. The first-order chi connectivity index (χ1) is 26.8.